The first kappa shape index (κ1) is 23.9. The first-order valence-electron chi connectivity index (χ1n) is 11.2. The Hall–Kier alpha value is -2.75. The van der Waals surface area contributed by atoms with Crippen LogP contribution >= 0.6 is 0 Å². The number of amidine groups is 1. The van der Waals surface area contributed by atoms with Crippen LogP contribution in [0.4, 0.5) is 10.6 Å². The van der Waals surface area contributed by atoms with Crippen LogP contribution in [0.1, 0.15) is 46.2 Å². The third-order valence-corrected chi connectivity index (χ3v) is 5.68. The summed E-state index contributed by atoms with van der Waals surface area (Å²) in [5.74, 6) is 1.31. The van der Waals surface area contributed by atoms with Gasteiger partial charge in [0.15, 0.2) is 5.84 Å². The van der Waals surface area contributed by atoms with E-state index in [-0.39, 0.29) is 24.1 Å². The van der Waals surface area contributed by atoms with Gasteiger partial charge in [-0.25, -0.2) is 9.78 Å². The molecule has 0 saturated carbocycles. The van der Waals surface area contributed by atoms with E-state index in [0.717, 1.165) is 25.5 Å². The summed E-state index contributed by atoms with van der Waals surface area (Å²) in [6, 6.07) is 3.88. The summed E-state index contributed by atoms with van der Waals surface area (Å²) in [7, 11) is 2.10. The number of hydrogen-bond donors (Lipinski definition) is 2. The van der Waals surface area contributed by atoms with E-state index < -0.39 is 5.60 Å². The molecule has 0 aromatic carbocycles. The molecule has 1 amide bonds. The van der Waals surface area contributed by atoms with E-state index in [2.05, 4.69) is 33.9 Å². The molecule has 32 heavy (non-hydrogen) atoms. The molecule has 3 rings (SSSR count). The minimum absolute atomic E-state index is 0.0472. The van der Waals surface area contributed by atoms with Crippen molar-refractivity contribution < 1.29 is 19.5 Å². The molecule has 0 aliphatic carbocycles. The summed E-state index contributed by atoms with van der Waals surface area (Å²) in [6.07, 6.45) is 1.05. The number of nitrogens with two attached hydrogens (primary N) is 1. The maximum Gasteiger partial charge on any atom is 0.410 e. The highest BCUT2D eigenvalue weighted by molar-refractivity contribution is 5.96. The summed E-state index contributed by atoms with van der Waals surface area (Å²) in [4.78, 5) is 23.1. The fraction of sp³-hybridized carbons (Fsp3) is 0.682. The molecule has 2 aliphatic heterocycles. The number of likely N-dealkylation sites (tertiary alicyclic amines) is 1. The molecule has 10 heteroatoms. The molecule has 1 atom stereocenters. The number of aromatic nitrogens is 1. The van der Waals surface area contributed by atoms with E-state index in [1.54, 1.807) is 11.0 Å². The van der Waals surface area contributed by atoms with E-state index in [4.69, 9.17) is 20.4 Å². The van der Waals surface area contributed by atoms with E-state index in [1.165, 1.54) is 0 Å². The predicted molar refractivity (Wildman–Crippen MR) is 123 cm³/mol. The molecule has 178 valence electrons. The van der Waals surface area contributed by atoms with Crippen molar-refractivity contribution in [1.82, 2.24) is 14.8 Å². The van der Waals surface area contributed by atoms with Gasteiger partial charge in [-0.05, 0) is 34.7 Å². The molecule has 2 fully saturated rings. The molecule has 1 aromatic rings. The fourth-order valence-corrected chi connectivity index (χ4v) is 4.04. The lowest BCUT2D eigenvalue weighted by molar-refractivity contribution is 0.0126. The van der Waals surface area contributed by atoms with Gasteiger partial charge in [0.2, 0.25) is 0 Å². The number of carbonyl (C=O) groups excluding carboxylic acids is 1. The highest BCUT2D eigenvalue weighted by Gasteiger charge is 2.29. The van der Waals surface area contributed by atoms with E-state index in [9.17, 15) is 4.79 Å². The van der Waals surface area contributed by atoms with Gasteiger partial charge in [-0.15, -0.1) is 0 Å². The highest BCUT2D eigenvalue weighted by Crippen LogP contribution is 2.27. The number of anilines is 1. The summed E-state index contributed by atoms with van der Waals surface area (Å²) in [5.41, 5.74) is 5.71. The molecule has 0 bridgehead atoms. The lowest BCUT2D eigenvalue weighted by Crippen LogP contribution is -2.51. The van der Waals surface area contributed by atoms with E-state index in [0.29, 0.717) is 37.4 Å². The number of carbonyl (C=O) groups is 1. The zero-order valence-electron chi connectivity index (χ0n) is 19.7. The number of rotatable bonds is 4. The van der Waals surface area contributed by atoms with Crippen molar-refractivity contribution in [3.05, 3.63) is 17.8 Å². The molecule has 0 radical (unpaired) electrons. The number of hydrogen-bond acceptors (Lipinski definition) is 8. The van der Waals surface area contributed by atoms with Gasteiger partial charge in [-0.1, -0.05) is 5.16 Å². The van der Waals surface area contributed by atoms with Gasteiger partial charge in [-0.3, -0.25) is 0 Å². The summed E-state index contributed by atoms with van der Waals surface area (Å²) < 4.78 is 11.7. The van der Waals surface area contributed by atoms with Gasteiger partial charge >= 0.3 is 6.09 Å². The number of piperidine rings is 1. The Kier molecular flexibility index (Phi) is 7.33. The smallest absolute Gasteiger partial charge is 0.410 e. The number of pyridine rings is 1. The van der Waals surface area contributed by atoms with Gasteiger partial charge in [0.05, 0.1) is 0 Å². The van der Waals surface area contributed by atoms with Crippen molar-refractivity contribution in [2.75, 3.05) is 44.7 Å². The zero-order chi connectivity index (χ0) is 23.5. The average molecular weight is 449 g/mol. The highest BCUT2D eigenvalue weighted by atomic mass is 16.6. The Balaban J connectivity index is 1.70. The van der Waals surface area contributed by atoms with Crippen LogP contribution in [0.2, 0.25) is 0 Å². The van der Waals surface area contributed by atoms with E-state index >= 15 is 0 Å². The van der Waals surface area contributed by atoms with Crippen molar-refractivity contribution in [3.63, 3.8) is 0 Å². The standard InChI is InChI=1S/C22H36N6O4/c1-15-14-26(5)10-11-28(15)19-13-17(12-18(24-19)20(23)25-30)31-16-6-8-27(9-7-16)21(29)32-22(2,3)4/h12-13,15-16,30H,6-11,14H2,1-5H3,(H2,23,25)/t15-/m0/s1. The number of ether oxygens (including phenoxy) is 2. The van der Waals surface area contributed by atoms with Gasteiger partial charge in [0, 0.05) is 63.7 Å². The Morgan fingerprint density at radius 3 is 2.50 bits per heavy atom. The number of amides is 1. The molecular formula is C22H36N6O4. The summed E-state index contributed by atoms with van der Waals surface area (Å²) in [5, 5.41) is 12.3. The minimum atomic E-state index is -0.511. The number of nitrogens with zero attached hydrogens (tertiary/aromatic N) is 5. The quantitative estimate of drug-likeness (QED) is 0.311. The van der Waals surface area contributed by atoms with Gasteiger partial charge in [0.25, 0.3) is 0 Å². The van der Waals surface area contributed by atoms with Crippen molar-refractivity contribution in [1.29, 1.82) is 0 Å². The normalized spacial score (nSPS) is 21.5. The molecule has 2 aliphatic rings. The molecule has 0 unspecified atom stereocenters. The summed E-state index contributed by atoms with van der Waals surface area (Å²) >= 11 is 0. The van der Waals surface area contributed by atoms with Crippen molar-refractivity contribution >= 4 is 17.7 Å². The van der Waals surface area contributed by atoms with Crippen LogP contribution < -0.4 is 15.4 Å². The molecular weight excluding hydrogens is 412 g/mol. The lowest BCUT2D eigenvalue weighted by Gasteiger charge is -2.39. The Bertz CT molecular complexity index is 832. The van der Waals surface area contributed by atoms with Crippen LogP contribution in [0.25, 0.3) is 0 Å². The topological polar surface area (TPSA) is 117 Å². The fourth-order valence-electron chi connectivity index (χ4n) is 4.04. The Labute approximate surface area is 189 Å². The molecule has 0 spiro atoms. The van der Waals surface area contributed by atoms with Gasteiger partial charge in [-0.2, -0.15) is 0 Å². The minimum Gasteiger partial charge on any atom is -0.490 e. The molecule has 1 aromatic heterocycles. The van der Waals surface area contributed by atoms with Crippen molar-refractivity contribution in [2.24, 2.45) is 10.9 Å². The Morgan fingerprint density at radius 2 is 1.91 bits per heavy atom. The number of oxime groups is 1. The third kappa shape index (κ3) is 6.15. The van der Waals surface area contributed by atoms with E-state index in [1.807, 2.05) is 26.8 Å². The predicted octanol–water partition coefficient (Wildman–Crippen LogP) is 2.09. The average Bonchev–Trinajstić information content (AvgIpc) is 2.72. The van der Waals surface area contributed by atoms with Crippen LogP contribution in [-0.4, -0.2) is 89.4 Å². The molecule has 2 saturated heterocycles. The monoisotopic (exact) mass is 448 g/mol. The first-order valence-corrected chi connectivity index (χ1v) is 11.2. The van der Waals surface area contributed by atoms with Crippen LogP contribution in [0, 0.1) is 0 Å². The van der Waals surface area contributed by atoms with Gasteiger partial charge < -0.3 is 35.1 Å². The second-order valence-corrected chi connectivity index (χ2v) is 9.62. The van der Waals surface area contributed by atoms with Crippen LogP contribution in [0.3, 0.4) is 0 Å². The largest absolute Gasteiger partial charge is 0.490 e. The van der Waals surface area contributed by atoms with Crippen LogP contribution in [0.15, 0.2) is 17.3 Å². The van der Waals surface area contributed by atoms with Crippen molar-refractivity contribution in [2.45, 2.75) is 58.3 Å². The maximum atomic E-state index is 12.3. The maximum absolute atomic E-state index is 12.3. The molecule has 3 heterocycles. The van der Waals surface area contributed by atoms with Crippen molar-refractivity contribution in [3.8, 4) is 5.75 Å². The second-order valence-electron chi connectivity index (χ2n) is 9.62. The Morgan fingerprint density at radius 1 is 1.22 bits per heavy atom. The summed E-state index contributed by atoms with van der Waals surface area (Å²) in [6.45, 7) is 11.6. The molecule has 3 N–H and O–H groups in total. The third-order valence-electron chi connectivity index (χ3n) is 5.68. The van der Waals surface area contributed by atoms with Crippen LogP contribution in [0.5, 0.6) is 5.75 Å². The SMILES string of the molecule is C[C@H]1CN(C)CCN1c1cc(OC2CCN(C(=O)OC(C)(C)C)CC2)cc(/C(N)=N/O)n1. The zero-order valence-corrected chi connectivity index (χ0v) is 19.7. The lowest BCUT2D eigenvalue weighted by atomic mass is 10.1. The number of likely N-dealkylation sites (N-methyl/N-ethyl adjacent to an activating group) is 1. The first-order chi connectivity index (χ1) is 15.1. The second kappa shape index (κ2) is 9.81. The molecule has 10 nitrogen and oxygen atoms in total. The number of piperazine rings is 1. The van der Waals surface area contributed by atoms with Gasteiger partial charge in [0.1, 0.15) is 29.0 Å². The van der Waals surface area contributed by atoms with Crippen LogP contribution in [-0.2, 0) is 4.74 Å².